The average molecular weight is 455 g/mol. The number of likely N-dealkylation sites (N-methyl/N-ethyl adjacent to an activating group) is 1. The Bertz CT molecular complexity index is 962. The number of hydrogen-bond acceptors (Lipinski definition) is 5. The van der Waals surface area contributed by atoms with Gasteiger partial charge in [0, 0.05) is 26.1 Å². The van der Waals surface area contributed by atoms with Crippen molar-refractivity contribution >= 4 is 18.0 Å². The molecule has 2 amide bonds. The zero-order valence-corrected chi connectivity index (χ0v) is 19.1. The molecule has 33 heavy (non-hydrogen) atoms. The van der Waals surface area contributed by atoms with E-state index in [1.165, 1.54) is 18.9 Å². The van der Waals surface area contributed by atoms with Crippen molar-refractivity contribution in [2.75, 3.05) is 26.8 Å². The van der Waals surface area contributed by atoms with Crippen LogP contribution in [0.25, 0.3) is 11.1 Å². The third kappa shape index (κ3) is 5.51. The van der Waals surface area contributed by atoms with E-state index >= 15 is 0 Å². The van der Waals surface area contributed by atoms with E-state index in [0.717, 1.165) is 22.3 Å². The zero-order chi connectivity index (χ0) is 24.0. The third-order valence-electron chi connectivity index (χ3n) is 6.04. The quantitative estimate of drug-likeness (QED) is 0.571. The topological polar surface area (TPSA) is 105 Å². The lowest BCUT2D eigenvalue weighted by atomic mass is 9.98. The number of carboxylic acids is 1. The van der Waals surface area contributed by atoms with Crippen molar-refractivity contribution in [1.29, 1.82) is 0 Å². The Morgan fingerprint density at radius 2 is 1.64 bits per heavy atom. The summed E-state index contributed by atoms with van der Waals surface area (Å²) in [4.78, 5) is 37.3. The van der Waals surface area contributed by atoms with Crippen molar-refractivity contribution in [2.45, 2.75) is 38.3 Å². The van der Waals surface area contributed by atoms with Gasteiger partial charge in [0.15, 0.2) is 0 Å². The van der Waals surface area contributed by atoms with Crippen LogP contribution in [-0.4, -0.2) is 66.9 Å². The fourth-order valence-electron chi connectivity index (χ4n) is 4.20. The first kappa shape index (κ1) is 24.3. The van der Waals surface area contributed by atoms with Crippen molar-refractivity contribution in [3.63, 3.8) is 0 Å². The van der Waals surface area contributed by atoms with E-state index in [4.69, 9.17) is 9.47 Å². The molecule has 0 radical (unpaired) electrons. The van der Waals surface area contributed by atoms with Gasteiger partial charge in [0.25, 0.3) is 0 Å². The molecule has 176 valence electrons. The van der Waals surface area contributed by atoms with Gasteiger partial charge < -0.3 is 24.8 Å². The summed E-state index contributed by atoms with van der Waals surface area (Å²) in [5.74, 6) is -1.47. The van der Waals surface area contributed by atoms with Crippen LogP contribution in [-0.2, 0) is 19.1 Å². The fourth-order valence-corrected chi connectivity index (χ4v) is 4.20. The molecule has 0 spiro atoms. The molecule has 2 aromatic carbocycles. The van der Waals surface area contributed by atoms with E-state index in [1.54, 1.807) is 6.92 Å². The average Bonchev–Trinajstić information content (AvgIpc) is 3.14. The summed E-state index contributed by atoms with van der Waals surface area (Å²) in [6, 6.07) is 15.2. The standard InChI is InChI=1S/C25H30N2O6/c1-4-27(16(2)24(29)30)23(28)13-17(32-3)14-26-25(31)33-15-22-20-11-7-5-9-18(20)19-10-6-8-12-21(19)22/h5-12,16-17,22H,4,13-15H2,1-3H3,(H,26,31)(H,29,30). The Hall–Kier alpha value is -3.39. The Kier molecular flexibility index (Phi) is 8.06. The lowest BCUT2D eigenvalue weighted by molar-refractivity contribution is -0.150. The number of carbonyl (C=O) groups is 3. The molecule has 8 nitrogen and oxygen atoms in total. The highest BCUT2D eigenvalue weighted by molar-refractivity contribution is 5.83. The van der Waals surface area contributed by atoms with Crippen LogP contribution in [0.3, 0.4) is 0 Å². The van der Waals surface area contributed by atoms with Gasteiger partial charge in [-0.05, 0) is 36.1 Å². The molecule has 0 aromatic heterocycles. The molecule has 0 saturated heterocycles. The predicted molar refractivity (Wildman–Crippen MR) is 123 cm³/mol. The number of hydrogen-bond donors (Lipinski definition) is 2. The lowest BCUT2D eigenvalue weighted by Crippen LogP contribution is -2.45. The molecule has 0 bridgehead atoms. The van der Waals surface area contributed by atoms with E-state index in [1.807, 2.05) is 36.4 Å². The zero-order valence-electron chi connectivity index (χ0n) is 19.1. The minimum atomic E-state index is -1.07. The number of carbonyl (C=O) groups excluding carboxylic acids is 2. The summed E-state index contributed by atoms with van der Waals surface area (Å²) in [6.45, 7) is 3.70. The maximum Gasteiger partial charge on any atom is 0.407 e. The van der Waals surface area contributed by atoms with Crippen LogP contribution in [0.5, 0.6) is 0 Å². The number of benzene rings is 2. The van der Waals surface area contributed by atoms with Crippen LogP contribution in [0.2, 0.25) is 0 Å². The molecule has 1 aliphatic rings. The number of carboxylic acid groups (broad SMARTS) is 1. The number of alkyl carbamates (subject to hydrolysis) is 1. The van der Waals surface area contributed by atoms with Gasteiger partial charge >= 0.3 is 12.1 Å². The second-order valence-electron chi connectivity index (χ2n) is 7.96. The van der Waals surface area contributed by atoms with Crippen molar-refractivity contribution in [2.24, 2.45) is 0 Å². The highest BCUT2D eigenvalue weighted by Gasteiger charge is 2.29. The maximum atomic E-state index is 12.5. The molecule has 3 rings (SSSR count). The van der Waals surface area contributed by atoms with Gasteiger partial charge in [-0.15, -0.1) is 0 Å². The largest absolute Gasteiger partial charge is 0.480 e. The normalized spacial score (nSPS) is 14.0. The summed E-state index contributed by atoms with van der Waals surface area (Å²) >= 11 is 0. The van der Waals surface area contributed by atoms with E-state index in [-0.39, 0.29) is 37.9 Å². The molecule has 0 saturated carbocycles. The van der Waals surface area contributed by atoms with Crippen molar-refractivity contribution in [1.82, 2.24) is 10.2 Å². The minimum Gasteiger partial charge on any atom is -0.480 e. The molecular weight excluding hydrogens is 424 g/mol. The Morgan fingerprint density at radius 1 is 1.06 bits per heavy atom. The Labute approximate surface area is 193 Å². The molecule has 0 aliphatic heterocycles. The van der Waals surface area contributed by atoms with Crippen molar-refractivity contribution in [3.8, 4) is 11.1 Å². The molecule has 1 aliphatic carbocycles. The highest BCUT2D eigenvalue weighted by Crippen LogP contribution is 2.44. The van der Waals surface area contributed by atoms with Crippen LogP contribution in [0.1, 0.15) is 37.3 Å². The minimum absolute atomic E-state index is 0.0430. The highest BCUT2D eigenvalue weighted by atomic mass is 16.5. The van der Waals surface area contributed by atoms with Gasteiger partial charge in [-0.25, -0.2) is 9.59 Å². The monoisotopic (exact) mass is 454 g/mol. The maximum absolute atomic E-state index is 12.5. The van der Waals surface area contributed by atoms with Gasteiger partial charge in [0.1, 0.15) is 12.6 Å². The summed E-state index contributed by atoms with van der Waals surface area (Å²) < 4.78 is 10.8. The number of ether oxygens (including phenoxy) is 2. The van der Waals surface area contributed by atoms with Gasteiger partial charge in [0.05, 0.1) is 12.5 Å². The first-order valence-electron chi connectivity index (χ1n) is 11.0. The summed E-state index contributed by atoms with van der Waals surface area (Å²) in [5, 5.41) is 11.8. The SMILES string of the molecule is CCN(C(=O)CC(CNC(=O)OCC1c2ccccc2-c2ccccc21)OC)C(C)C(=O)O. The number of rotatable bonds is 10. The van der Waals surface area contributed by atoms with Gasteiger partial charge in [-0.2, -0.15) is 0 Å². The molecule has 2 unspecified atom stereocenters. The number of amides is 2. The fraction of sp³-hybridized carbons (Fsp3) is 0.400. The van der Waals surface area contributed by atoms with Crippen molar-refractivity contribution in [3.05, 3.63) is 59.7 Å². The summed E-state index contributed by atoms with van der Waals surface area (Å²) in [6.07, 6.45) is -1.25. The Morgan fingerprint density at radius 3 is 2.15 bits per heavy atom. The van der Waals surface area contributed by atoms with Crippen LogP contribution in [0, 0.1) is 0 Å². The number of nitrogens with one attached hydrogen (secondary N) is 1. The molecule has 2 N–H and O–H groups in total. The smallest absolute Gasteiger partial charge is 0.407 e. The second-order valence-corrected chi connectivity index (χ2v) is 7.96. The van der Waals surface area contributed by atoms with Gasteiger partial charge in [0.2, 0.25) is 5.91 Å². The number of fused-ring (bicyclic) bond motifs is 3. The predicted octanol–water partition coefficient (Wildman–Crippen LogP) is 3.25. The van der Waals surface area contributed by atoms with Crippen LogP contribution >= 0.6 is 0 Å². The molecule has 2 atom stereocenters. The Balaban J connectivity index is 1.54. The van der Waals surface area contributed by atoms with Crippen LogP contribution in [0.4, 0.5) is 4.79 Å². The van der Waals surface area contributed by atoms with Crippen LogP contribution in [0.15, 0.2) is 48.5 Å². The van der Waals surface area contributed by atoms with E-state index in [0.29, 0.717) is 0 Å². The molecule has 0 heterocycles. The van der Waals surface area contributed by atoms with Gasteiger partial charge in [-0.3, -0.25) is 4.79 Å². The number of methoxy groups -OCH3 is 1. The molecule has 8 heteroatoms. The van der Waals surface area contributed by atoms with E-state index in [2.05, 4.69) is 17.4 Å². The van der Waals surface area contributed by atoms with E-state index < -0.39 is 24.2 Å². The number of nitrogens with zero attached hydrogens (tertiary/aromatic N) is 1. The van der Waals surface area contributed by atoms with E-state index in [9.17, 15) is 19.5 Å². The second kappa shape index (κ2) is 11.0. The summed E-state index contributed by atoms with van der Waals surface area (Å²) in [7, 11) is 1.44. The third-order valence-corrected chi connectivity index (χ3v) is 6.04. The van der Waals surface area contributed by atoms with Gasteiger partial charge in [-0.1, -0.05) is 48.5 Å². The molecular formula is C25H30N2O6. The lowest BCUT2D eigenvalue weighted by Gasteiger charge is -2.27. The first-order valence-corrected chi connectivity index (χ1v) is 11.0. The number of aliphatic carboxylic acids is 1. The molecule has 2 aromatic rings. The molecule has 0 fully saturated rings. The van der Waals surface area contributed by atoms with Crippen molar-refractivity contribution < 1.29 is 29.0 Å². The first-order chi connectivity index (χ1) is 15.9. The summed E-state index contributed by atoms with van der Waals surface area (Å²) in [5.41, 5.74) is 4.55. The van der Waals surface area contributed by atoms with Crippen LogP contribution < -0.4 is 5.32 Å².